The Morgan fingerprint density at radius 3 is 2.75 bits per heavy atom. The van der Waals surface area contributed by atoms with Crippen LogP contribution < -0.4 is 5.32 Å². The molecule has 0 spiro atoms. The quantitative estimate of drug-likeness (QED) is 0.309. The zero-order valence-corrected chi connectivity index (χ0v) is 12.3. The number of carbonyl (C=O) groups is 1. The van der Waals surface area contributed by atoms with Crippen molar-refractivity contribution in [3.63, 3.8) is 0 Å². The first-order chi connectivity index (χ1) is 9.74. The number of amides is 1. The van der Waals surface area contributed by atoms with Crippen LogP contribution in [0.2, 0.25) is 0 Å². The van der Waals surface area contributed by atoms with Crippen molar-refractivity contribution in [1.29, 1.82) is 0 Å². The van der Waals surface area contributed by atoms with E-state index in [1.54, 1.807) is 19.4 Å². The maximum absolute atomic E-state index is 10.9. The number of carbonyl (C=O) groups excluding carboxylic acids is 1. The Hall–Kier alpha value is -1.37. The summed E-state index contributed by atoms with van der Waals surface area (Å²) in [5.41, 5.74) is 0. The molecule has 116 valence electrons. The van der Waals surface area contributed by atoms with Gasteiger partial charge in [-0.1, -0.05) is 6.58 Å². The smallest absolute Gasteiger partial charge is 0.243 e. The number of methoxy groups -OCH3 is 1. The molecule has 0 bridgehead atoms. The minimum Gasteiger partial charge on any atom is -0.505 e. The second-order valence-corrected chi connectivity index (χ2v) is 3.74. The summed E-state index contributed by atoms with van der Waals surface area (Å²) in [6.45, 7) is 8.23. The summed E-state index contributed by atoms with van der Waals surface area (Å²) < 4.78 is 21.0. The maximum Gasteiger partial charge on any atom is 0.243 e. The zero-order valence-electron chi connectivity index (χ0n) is 12.3. The fourth-order valence-corrected chi connectivity index (χ4v) is 1.25. The summed E-state index contributed by atoms with van der Waals surface area (Å²) in [6.07, 6.45) is 4.34. The summed E-state index contributed by atoms with van der Waals surface area (Å²) in [7, 11) is 1.57. The molecule has 1 amide bonds. The molecule has 0 aliphatic heterocycles. The second-order valence-electron chi connectivity index (χ2n) is 3.74. The zero-order chi connectivity index (χ0) is 15.1. The van der Waals surface area contributed by atoms with Gasteiger partial charge in [0.1, 0.15) is 6.10 Å². The number of nitrogens with one attached hydrogen (secondary N) is 1. The van der Waals surface area contributed by atoms with Crippen molar-refractivity contribution in [3.8, 4) is 0 Å². The summed E-state index contributed by atoms with van der Waals surface area (Å²) in [4.78, 5) is 10.9. The van der Waals surface area contributed by atoms with Crippen LogP contribution in [0.4, 0.5) is 0 Å². The molecule has 0 aromatic carbocycles. The fraction of sp³-hybridized carbons (Fsp3) is 0.643. The first kappa shape index (κ1) is 18.6. The SMILES string of the molecule is C=CC(=O)NCCOCC(/C=C/OC)OCCOCC. The van der Waals surface area contributed by atoms with Crippen molar-refractivity contribution < 1.29 is 23.7 Å². The first-order valence-corrected chi connectivity index (χ1v) is 6.61. The van der Waals surface area contributed by atoms with Gasteiger partial charge < -0.3 is 24.3 Å². The van der Waals surface area contributed by atoms with E-state index in [9.17, 15) is 4.79 Å². The first-order valence-electron chi connectivity index (χ1n) is 6.61. The maximum atomic E-state index is 10.9. The van der Waals surface area contributed by atoms with E-state index in [1.807, 2.05) is 6.92 Å². The van der Waals surface area contributed by atoms with Gasteiger partial charge in [0.15, 0.2) is 0 Å². The molecule has 20 heavy (non-hydrogen) atoms. The van der Waals surface area contributed by atoms with Gasteiger partial charge in [0.05, 0.1) is 39.8 Å². The molecule has 0 radical (unpaired) electrons. The summed E-state index contributed by atoms with van der Waals surface area (Å²) in [5.74, 6) is -0.211. The molecule has 0 aromatic rings. The predicted octanol–water partition coefficient (Wildman–Crippen LogP) is 0.887. The van der Waals surface area contributed by atoms with E-state index in [0.29, 0.717) is 39.6 Å². The molecule has 0 heterocycles. The molecular formula is C14H25NO5. The Bertz CT molecular complexity index is 281. The van der Waals surface area contributed by atoms with Crippen LogP contribution in [0.3, 0.4) is 0 Å². The van der Waals surface area contributed by atoms with E-state index >= 15 is 0 Å². The molecule has 1 N–H and O–H groups in total. The van der Waals surface area contributed by atoms with Crippen molar-refractivity contribution >= 4 is 5.91 Å². The highest BCUT2D eigenvalue weighted by molar-refractivity contribution is 5.86. The third-order valence-corrected chi connectivity index (χ3v) is 2.21. The van der Waals surface area contributed by atoms with Crippen LogP contribution in [0.25, 0.3) is 0 Å². The van der Waals surface area contributed by atoms with Crippen molar-refractivity contribution in [3.05, 3.63) is 25.0 Å². The molecule has 1 unspecified atom stereocenters. The normalized spacial score (nSPS) is 12.3. The number of hydrogen-bond donors (Lipinski definition) is 1. The molecule has 0 aliphatic rings. The minimum absolute atomic E-state index is 0.203. The topological polar surface area (TPSA) is 66.0 Å². The number of ether oxygens (including phenoxy) is 4. The predicted molar refractivity (Wildman–Crippen MR) is 76.4 cm³/mol. The van der Waals surface area contributed by atoms with Crippen LogP contribution in [0.15, 0.2) is 25.0 Å². The Kier molecular flexibility index (Phi) is 13.1. The van der Waals surface area contributed by atoms with E-state index in [1.165, 1.54) is 6.08 Å². The van der Waals surface area contributed by atoms with E-state index in [2.05, 4.69) is 11.9 Å². The van der Waals surface area contributed by atoms with Gasteiger partial charge in [-0.2, -0.15) is 0 Å². The van der Waals surface area contributed by atoms with Crippen LogP contribution in [-0.2, 0) is 23.7 Å². The van der Waals surface area contributed by atoms with Crippen molar-refractivity contribution in [2.75, 3.05) is 46.7 Å². The summed E-state index contributed by atoms with van der Waals surface area (Å²) >= 11 is 0. The number of rotatable bonds is 13. The van der Waals surface area contributed by atoms with Crippen molar-refractivity contribution in [1.82, 2.24) is 5.32 Å². The lowest BCUT2D eigenvalue weighted by atomic mass is 10.3. The largest absolute Gasteiger partial charge is 0.505 e. The van der Waals surface area contributed by atoms with Crippen LogP contribution in [0.5, 0.6) is 0 Å². The van der Waals surface area contributed by atoms with Gasteiger partial charge in [-0.3, -0.25) is 4.79 Å². The second kappa shape index (κ2) is 14.0. The van der Waals surface area contributed by atoms with Gasteiger partial charge in [-0.25, -0.2) is 0 Å². The van der Waals surface area contributed by atoms with Gasteiger partial charge in [0, 0.05) is 13.2 Å². The Morgan fingerprint density at radius 1 is 1.30 bits per heavy atom. The minimum atomic E-state index is -0.211. The van der Waals surface area contributed by atoms with Crippen molar-refractivity contribution in [2.45, 2.75) is 13.0 Å². The lowest BCUT2D eigenvalue weighted by molar-refractivity contribution is -0.116. The molecule has 0 aliphatic carbocycles. The van der Waals surface area contributed by atoms with Gasteiger partial charge in [0.25, 0.3) is 0 Å². The van der Waals surface area contributed by atoms with Gasteiger partial charge in [0.2, 0.25) is 5.91 Å². The Morgan fingerprint density at radius 2 is 2.10 bits per heavy atom. The lowest BCUT2D eigenvalue weighted by Crippen LogP contribution is -2.27. The fourth-order valence-electron chi connectivity index (χ4n) is 1.25. The molecule has 1 atom stereocenters. The van der Waals surface area contributed by atoms with E-state index in [-0.39, 0.29) is 12.0 Å². The third-order valence-electron chi connectivity index (χ3n) is 2.21. The van der Waals surface area contributed by atoms with E-state index in [4.69, 9.17) is 18.9 Å². The summed E-state index contributed by atoms with van der Waals surface area (Å²) in [5, 5.41) is 2.62. The van der Waals surface area contributed by atoms with Gasteiger partial charge in [-0.15, -0.1) is 0 Å². The third kappa shape index (κ3) is 11.7. The molecule has 6 nitrogen and oxygen atoms in total. The molecule has 0 saturated carbocycles. The Labute approximate surface area is 120 Å². The molecule has 0 saturated heterocycles. The van der Waals surface area contributed by atoms with Gasteiger partial charge in [-0.05, 0) is 19.1 Å². The standard InChI is InChI=1S/C14H25NO5/c1-4-14(16)15-7-9-19-12-13(6-8-17-3)20-11-10-18-5-2/h4,6,8,13H,1,5,7,9-12H2,2-3H3,(H,15,16)/b8-6+. The van der Waals surface area contributed by atoms with Crippen LogP contribution >= 0.6 is 0 Å². The molecule has 0 aromatic heterocycles. The molecule has 0 rings (SSSR count). The number of hydrogen-bond acceptors (Lipinski definition) is 5. The average Bonchev–Trinajstić information content (AvgIpc) is 2.47. The molecule has 0 fully saturated rings. The average molecular weight is 287 g/mol. The van der Waals surface area contributed by atoms with E-state index < -0.39 is 0 Å². The summed E-state index contributed by atoms with van der Waals surface area (Å²) in [6, 6.07) is 0. The monoisotopic (exact) mass is 287 g/mol. The van der Waals surface area contributed by atoms with Crippen LogP contribution in [0, 0.1) is 0 Å². The highest BCUT2D eigenvalue weighted by Gasteiger charge is 2.05. The highest BCUT2D eigenvalue weighted by Crippen LogP contribution is 1.97. The van der Waals surface area contributed by atoms with Crippen LogP contribution in [0.1, 0.15) is 6.92 Å². The van der Waals surface area contributed by atoms with E-state index in [0.717, 1.165) is 0 Å². The van der Waals surface area contributed by atoms with Crippen molar-refractivity contribution in [2.24, 2.45) is 0 Å². The van der Waals surface area contributed by atoms with Crippen LogP contribution in [-0.4, -0.2) is 58.7 Å². The highest BCUT2D eigenvalue weighted by atomic mass is 16.5. The Balaban J connectivity index is 3.77. The molecule has 6 heteroatoms. The lowest BCUT2D eigenvalue weighted by Gasteiger charge is -2.14. The van der Waals surface area contributed by atoms with Gasteiger partial charge >= 0.3 is 0 Å². The molecular weight excluding hydrogens is 262 g/mol.